The molecule has 0 unspecified atom stereocenters. The fraction of sp³-hybridized carbons (Fsp3) is 0.390. The molecule has 1 heterocycles. The van der Waals surface area contributed by atoms with Crippen LogP contribution in [-0.4, -0.2) is 4.57 Å². The Bertz CT molecular complexity index is 1910. The van der Waals surface area contributed by atoms with E-state index in [0.29, 0.717) is 5.56 Å². The summed E-state index contributed by atoms with van der Waals surface area (Å²) in [5.74, 6) is 1.80. The van der Waals surface area contributed by atoms with Gasteiger partial charge in [0.1, 0.15) is 5.69 Å². The van der Waals surface area contributed by atoms with E-state index in [9.17, 15) is 0 Å². The average molecular weight is 576 g/mol. The number of para-hydroxylation sites is 2. The second kappa shape index (κ2) is 11.1. The number of hydrogen-bond donors (Lipinski definition) is 0. The number of aryl methyl sites for hydroxylation is 2. The molecule has 5 rings (SSSR count). The van der Waals surface area contributed by atoms with Gasteiger partial charge in [0.25, 0.3) is 5.82 Å². The largest absolute Gasteiger partial charge is 0.267 e. The van der Waals surface area contributed by atoms with Crippen molar-refractivity contribution in [2.75, 3.05) is 0 Å². The van der Waals surface area contributed by atoms with E-state index in [1.807, 2.05) is 39.0 Å². The van der Waals surface area contributed by atoms with Crippen molar-refractivity contribution >= 4 is 11.0 Å². The fourth-order valence-electron chi connectivity index (χ4n) is 6.36. The Balaban J connectivity index is 1.72. The van der Waals surface area contributed by atoms with Crippen molar-refractivity contribution in [2.24, 2.45) is 7.05 Å². The summed E-state index contributed by atoms with van der Waals surface area (Å²) in [6.45, 7) is 19.7. The van der Waals surface area contributed by atoms with Crippen molar-refractivity contribution in [2.45, 2.75) is 98.8 Å². The molecule has 0 bridgehead atoms. The molecule has 0 saturated carbocycles. The van der Waals surface area contributed by atoms with E-state index in [4.69, 9.17) is 5.48 Å². The molecule has 2 heteroatoms. The smallest absolute Gasteiger partial charge is 0.229 e. The molecular weight excluding hydrogens is 520 g/mol. The van der Waals surface area contributed by atoms with E-state index in [1.54, 1.807) is 6.07 Å². The van der Waals surface area contributed by atoms with Gasteiger partial charge in [0.15, 0.2) is 11.0 Å². The summed E-state index contributed by atoms with van der Waals surface area (Å²) in [6, 6.07) is 25.3. The molecule has 0 fully saturated rings. The molecule has 0 aliphatic rings. The number of benzene rings is 4. The Kier molecular flexibility index (Phi) is 6.68. The summed E-state index contributed by atoms with van der Waals surface area (Å²) in [6.07, 6.45) is 0. The molecule has 0 saturated heterocycles. The molecule has 43 heavy (non-hydrogen) atoms. The van der Waals surface area contributed by atoms with E-state index < -0.39 is 6.85 Å². The summed E-state index contributed by atoms with van der Waals surface area (Å²) in [5.41, 5.74) is 10.4. The number of hydrogen-bond acceptors (Lipinski definition) is 0. The topological polar surface area (TPSA) is 8.81 Å². The van der Waals surface area contributed by atoms with Gasteiger partial charge in [-0.1, -0.05) is 103 Å². The van der Waals surface area contributed by atoms with Crippen LogP contribution < -0.4 is 4.57 Å². The van der Waals surface area contributed by atoms with E-state index in [2.05, 4.69) is 113 Å². The average Bonchev–Trinajstić information content (AvgIpc) is 3.27. The standard InChI is InChI=1S/C41H51N2/c1-26(2)34-24-31(29-17-19-30(20-18-29)33-22-21-32(23-28(33)5)40(6,7)8)25-35(27(3)4)38(34)43-37-16-14-13-15-36(37)42(12)39(43)41(9,10)11/h13-27H,1-12H3/q+1/i5D3,22D. The Morgan fingerprint density at radius 3 is 1.84 bits per heavy atom. The van der Waals surface area contributed by atoms with Crippen LogP contribution in [0, 0.1) is 6.85 Å². The van der Waals surface area contributed by atoms with Crippen molar-refractivity contribution in [3.63, 3.8) is 0 Å². The zero-order valence-corrected chi connectivity index (χ0v) is 28.0. The molecule has 1 aromatic heterocycles. The minimum absolute atomic E-state index is 0.0971. The molecule has 5 aromatic rings. The normalized spacial score (nSPS) is 14.3. The Labute approximate surface area is 266 Å². The van der Waals surface area contributed by atoms with Crippen LogP contribution in [0.4, 0.5) is 0 Å². The lowest BCUT2D eigenvalue weighted by Gasteiger charge is -2.23. The Morgan fingerprint density at radius 1 is 0.721 bits per heavy atom. The summed E-state index contributed by atoms with van der Waals surface area (Å²) in [4.78, 5) is 0. The molecule has 0 spiro atoms. The van der Waals surface area contributed by atoms with E-state index in [1.165, 1.54) is 33.7 Å². The molecule has 0 radical (unpaired) electrons. The first-order valence-corrected chi connectivity index (χ1v) is 15.7. The van der Waals surface area contributed by atoms with Gasteiger partial charge >= 0.3 is 0 Å². The van der Waals surface area contributed by atoms with Crippen LogP contribution in [-0.2, 0) is 17.9 Å². The first-order valence-electron chi connectivity index (χ1n) is 17.7. The van der Waals surface area contributed by atoms with E-state index in [0.717, 1.165) is 22.3 Å². The predicted molar refractivity (Wildman–Crippen MR) is 186 cm³/mol. The van der Waals surface area contributed by atoms with Gasteiger partial charge in [-0.3, -0.25) is 0 Å². The first-order chi connectivity index (χ1) is 21.7. The molecule has 2 nitrogen and oxygen atoms in total. The highest BCUT2D eigenvalue weighted by Crippen LogP contribution is 2.40. The third-order valence-electron chi connectivity index (χ3n) is 8.63. The lowest BCUT2D eigenvalue weighted by Crippen LogP contribution is -2.39. The molecule has 224 valence electrons. The number of nitrogens with zero attached hydrogens (tertiary/aromatic N) is 2. The van der Waals surface area contributed by atoms with E-state index >= 15 is 0 Å². The number of rotatable bonds is 5. The van der Waals surface area contributed by atoms with Crippen molar-refractivity contribution in [1.82, 2.24) is 4.57 Å². The lowest BCUT2D eigenvalue weighted by molar-refractivity contribution is -0.657. The Hall–Kier alpha value is -3.65. The van der Waals surface area contributed by atoms with Crippen LogP contribution in [0.2, 0.25) is 0 Å². The summed E-state index contributed by atoms with van der Waals surface area (Å²) in [5, 5.41) is 0. The highest BCUT2D eigenvalue weighted by Gasteiger charge is 2.36. The summed E-state index contributed by atoms with van der Waals surface area (Å²) in [7, 11) is 2.18. The molecule has 0 amide bonds. The lowest BCUT2D eigenvalue weighted by atomic mass is 9.84. The highest BCUT2D eigenvalue weighted by molar-refractivity contribution is 5.79. The monoisotopic (exact) mass is 575 g/mol. The minimum Gasteiger partial charge on any atom is -0.229 e. The predicted octanol–water partition coefficient (Wildman–Crippen LogP) is 10.9. The van der Waals surface area contributed by atoms with Crippen molar-refractivity contribution in [3.8, 4) is 27.9 Å². The molecule has 0 N–H and O–H groups in total. The maximum atomic E-state index is 8.89. The van der Waals surface area contributed by atoms with Gasteiger partial charge in [-0.15, -0.1) is 0 Å². The SMILES string of the molecule is [2H]c1cc(C(C)(C)C)cc(C([2H])([2H])[2H])c1-c1ccc(-c2cc(C(C)C)c(-n3c(C(C)(C)C)[n+](C)c4ccccc43)c(C(C)C)c2)cc1. The maximum absolute atomic E-state index is 8.89. The van der Waals surface area contributed by atoms with E-state index in [-0.39, 0.29) is 34.3 Å². The fourth-order valence-corrected chi connectivity index (χ4v) is 6.36. The van der Waals surface area contributed by atoms with Gasteiger partial charge in [-0.2, -0.15) is 4.57 Å². The second-order valence-corrected chi connectivity index (χ2v) is 14.8. The molecule has 0 atom stereocenters. The molecule has 4 aromatic carbocycles. The van der Waals surface area contributed by atoms with Gasteiger partial charge < -0.3 is 0 Å². The first kappa shape index (κ1) is 25.8. The number of imidazole rings is 1. The molecule has 0 aliphatic carbocycles. The Morgan fingerprint density at radius 2 is 1.30 bits per heavy atom. The molecule has 0 aliphatic heterocycles. The van der Waals surface area contributed by atoms with Crippen LogP contribution in [0.1, 0.15) is 115 Å². The zero-order chi connectivity index (χ0) is 34.8. The third-order valence-corrected chi connectivity index (χ3v) is 8.63. The second-order valence-electron chi connectivity index (χ2n) is 14.8. The van der Waals surface area contributed by atoms with Crippen molar-refractivity contribution in [1.29, 1.82) is 0 Å². The van der Waals surface area contributed by atoms with Crippen molar-refractivity contribution < 1.29 is 10.1 Å². The van der Waals surface area contributed by atoms with Gasteiger partial charge in [0.2, 0.25) is 0 Å². The van der Waals surface area contributed by atoms with Crippen LogP contribution in [0.3, 0.4) is 0 Å². The van der Waals surface area contributed by atoms with Crippen molar-refractivity contribution in [3.05, 3.63) is 107 Å². The maximum Gasteiger partial charge on any atom is 0.267 e. The van der Waals surface area contributed by atoms with Gasteiger partial charge in [-0.25, -0.2) is 4.57 Å². The van der Waals surface area contributed by atoms with Gasteiger partial charge in [0, 0.05) is 15.2 Å². The molecular formula is C41H51N2+. The number of aromatic nitrogens is 2. The number of fused-ring (bicyclic) bond motifs is 1. The van der Waals surface area contributed by atoms with Crippen LogP contribution in [0.15, 0.2) is 78.8 Å². The van der Waals surface area contributed by atoms with Crippen LogP contribution in [0.25, 0.3) is 39.0 Å². The minimum atomic E-state index is -2.33. The van der Waals surface area contributed by atoms with Crippen LogP contribution in [0.5, 0.6) is 0 Å². The summed E-state index contributed by atoms with van der Waals surface area (Å²) < 4.78 is 38.7. The third kappa shape index (κ3) is 5.69. The van der Waals surface area contributed by atoms with Gasteiger partial charge in [-0.05, 0) is 103 Å². The highest BCUT2D eigenvalue weighted by atomic mass is 15.2. The van der Waals surface area contributed by atoms with Crippen LogP contribution >= 0.6 is 0 Å². The van der Waals surface area contributed by atoms with Gasteiger partial charge in [0.05, 0.1) is 13.8 Å². The zero-order valence-electron chi connectivity index (χ0n) is 32.0. The quantitative estimate of drug-likeness (QED) is 0.184. The summed E-state index contributed by atoms with van der Waals surface area (Å²) >= 11 is 0.